The number of thioether (sulfide) groups is 1. The molecule has 3 rings (SSSR count). The maximum atomic E-state index is 12.8. The lowest BCUT2D eigenvalue weighted by atomic mass is 10.1. The molecular formula is C19H23N3O2S. The van der Waals surface area contributed by atoms with Crippen LogP contribution in [0.15, 0.2) is 35.2 Å². The summed E-state index contributed by atoms with van der Waals surface area (Å²) in [5.41, 5.74) is 1.69. The summed E-state index contributed by atoms with van der Waals surface area (Å²) in [6.07, 6.45) is 3.72. The highest BCUT2D eigenvalue weighted by Gasteiger charge is 2.26. The van der Waals surface area contributed by atoms with Gasteiger partial charge < -0.3 is 9.64 Å². The number of aromatic nitrogens is 2. The SMILES string of the molecule is CSc1ccccc1C(=O)N1CCC(Oc2cc(C)nc(C)n2)CC1. The van der Waals surface area contributed by atoms with E-state index >= 15 is 0 Å². The van der Waals surface area contributed by atoms with Gasteiger partial charge in [0.2, 0.25) is 5.88 Å². The quantitative estimate of drug-likeness (QED) is 0.784. The molecule has 1 aliphatic heterocycles. The van der Waals surface area contributed by atoms with E-state index in [4.69, 9.17) is 4.74 Å². The Kier molecular flexibility index (Phi) is 5.58. The van der Waals surface area contributed by atoms with Crippen LogP contribution >= 0.6 is 11.8 Å². The minimum Gasteiger partial charge on any atom is -0.474 e. The lowest BCUT2D eigenvalue weighted by Crippen LogP contribution is -2.42. The van der Waals surface area contributed by atoms with Crippen molar-refractivity contribution in [2.24, 2.45) is 0 Å². The van der Waals surface area contributed by atoms with E-state index in [1.807, 2.05) is 55.3 Å². The molecule has 1 saturated heterocycles. The zero-order valence-electron chi connectivity index (χ0n) is 14.9. The van der Waals surface area contributed by atoms with E-state index in [2.05, 4.69) is 9.97 Å². The standard InChI is InChI=1S/C19H23N3O2S/c1-13-12-18(21-14(2)20-13)24-15-8-10-22(11-9-15)19(23)16-6-4-5-7-17(16)25-3/h4-7,12,15H,8-11H2,1-3H3. The summed E-state index contributed by atoms with van der Waals surface area (Å²) >= 11 is 1.61. The number of hydrogen-bond donors (Lipinski definition) is 0. The van der Waals surface area contributed by atoms with Crippen LogP contribution in [0.2, 0.25) is 0 Å². The third-order valence-corrected chi connectivity index (χ3v) is 5.09. The molecule has 1 aromatic heterocycles. The second kappa shape index (κ2) is 7.87. The fraction of sp³-hybridized carbons (Fsp3) is 0.421. The number of amides is 1. The highest BCUT2D eigenvalue weighted by molar-refractivity contribution is 7.98. The normalized spacial score (nSPS) is 15.2. The molecule has 0 aliphatic carbocycles. The van der Waals surface area contributed by atoms with Crippen molar-refractivity contribution in [2.45, 2.75) is 37.7 Å². The van der Waals surface area contributed by atoms with E-state index < -0.39 is 0 Å². The van der Waals surface area contributed by atoms with Gasteiger partial charge in [0.1, 0.15) is 11.9 Å². The first kappa shape index (κ1) is 17.7. The molecule has 2 heterocycles. The minimum atomic E-state index is 0.0912. The van der Waals surface area contributed by atoms with Crippen molar-refractivity contribution in [3.63, 3.8) is 0 Å². The molecule has 0 saturated carbocycles. The molecule has 0 bridgehead atoms. The number of benzene rings is 1. The van der Waals surface area contributed by atoms with Gasteiger partial charge in [0.05, 0.1) is 5.56 Å². The lowest BCUT2D eigenvalue weighted by Gasteiger charge is -2.32. The summed E-state index contributed by atoms with van der Waals surface area (Å²) < 4.78 is 6.00. The van der Waals surface area contributed by atoms with E-state index in [1.54, 1.807) is 11.8 Å². The van der Waals surface area contributed by atoms with Crippen molar-refractivity contribution >= 4 is 17.7 Å². The first-order valence-corrected chi connectivity index (χ1v) is 9.70. The zero-order chi connectivity index (χ0) is 17.8. The summed E-state index contributed by atoms with van der Waals surface area (Å²) in [6.45, 7) is 5.21. The van der Waals surface area contributed by atoms with Crippen molar-refractivity contribution in [3.8, 4) is 5.88 Å². The Bertz CT molecular complexity index is 738. The molecule has 2 aromatic rings. The molecule has 0 radical (unpaired) electrons. The van der Waals surface area contributed by atoms with Crippen LogP contribution in [-0.2, 0) is 0 Å². The van der Waals surface area contributed by atoms with Gasteiger partial charge in [-0.1, -0.05) is 12.1 Å². The highest BCUT2D eigenvalue weighted by Crippen LogP contribution is 2.24. The predicted octanol–water partition coefficient (Wildman–Crippen LogP) is 3.50. The Morgan fingerprint density at radius 1 is 1.20 bits per heavy atom. The van der Waals surface area contributed by atoms with Gasteiger partial charge in [0.15, 0.2) is 0 Å². The van der Waals surface area contributed by atoms with Gasteiger partial charge in [-0.25, -0.2) is 4.98 Å². The van der Waals surface area contributed by atoms with Crippen molar-refractivity contribution in [2.75, 3.05) is 19.3 Å². The van der Waals surface area contributed by atoms with E-state index in [-0.39, 0.29) is 12.0 Å². The van der Waals surface area contributed by atoms with Gasteiger partial charge in [-0.2, -0.15) is 4.98 Å². The van der Waals surface area contributed by atoms with Crippen LogP contribution in [0.3, 0.4) is 0 Å². The van der Waals surface area contributed by atoms with Gasteiger partial charge in [-0.15, -0.1) is 11.8 Å². The zero-order valence-corrected chi connectivity index (χ0v) is 15.7. The molecule has 1 aliphatic rings. The van der Waals surface area contributed by atoms with Crippen LogP contribution in [0.25, 0.3) is 0 Å². The first-order chi connectivity index (χ1) is 12.1. The number of ether oxygens (including phenoxy) is 1. The lowest BCUT2D eigenvalue weighted by molar-refractivity contribution is 0.0584. The number of nitrogens with zero attached hydrogens (tertiary/aromatic N) is 3. The van der Waals surface area contributed by atoms with Gasteiger partial charge in [0, 0.05) is 42.6 Å². The summed E-state index contributed by atoms with van der Waals surface area (Å²) in [7, 11) is 0. The first-order valence-electron chi connectivity index (χ1n) is 8.48. The number of aryl methyl sites for hydroxylation is 2. The summed E-state index contributed by atoms with van der Waals surface area (Å²) in [6, 6.07) is 9.65. The Labute approximate surface area is 152 Å². The molecule has 0 N–H and O–H groups in total. The third kappa shape index (κ3) is 4.31. The molecular weight excluding hydrogens is 334 g/mol. The fourth-order valence-electron chi connectivity index (χ4n) is 3.08. The maximum Gasteiger partial charge on any atom is 0.254 e. The summed E-state index contributed by atoms with van der Waals surface area (Å²) in [5, 5.41) is 0. The van der Waals surface area contributed by atoms with E-state index in [0.29, 0.717) is 19.0 Å². The molecule has 0 spiro atoms. The van der Waals surface area contributed by atoms with Gasteiger partial charge in [-0.3, -0.25) is 4.79 Å². The van der Waals surface area contributed by atoms with Gasteiger partial charge >= 0.3 is 0 Å². The van der Waals surface area contributed by atoms with Crippen LogP contribution in [0.4, 0.5) is 0 Å². The highest BCUT2D eigenvalue weighted by atomic mass is 32.2. The van der Waals surface area contributed by atoms with Crippen molar-refractivity contribution < 1.29 is 9.53 Å². The smallest absolute Gasteiger partial charge is 0.254 e. The number of hydrogen-bond acceptors (Lipinski definition) is 5. The number of likely N-dealkylation sites (tertiary alicyclic amines) is 1. The van der Waals surface area contributed by atoms with Crippen molar-refractivity contribution in [1.29, 1.82) is 0 Å². The second-order valence-corrected chi connectivity index (χ2v) is 7.05. The van der Waals surface area contributed by atoms with Crippen LogP contribution in [0, 0.1) is 13.8 Å². The molecule has 1 amide bonds. The number of rotatable bonds is 4. The molecule has 25 heavy (non-hydrogen) atoms. The van der Waals surface area contributed by atoms with Crippen molar-refractivity contribution in [3.05, 3.63) is 47.4 Å². The van der Waals surface area contributed by atoms with Crippen molar-refractivity contribution in [1.82, 2.24) is 14.9 Å². The van der Waals surface area contributed by atoms with Crippen LogP contribution in [0.5, 0.6) is 5.88 Å². The largest absolute Gasteiger partial charge is 0.474 e. The molecule has 1 aromatic carbocycles. The average molecular weight is 357 g/mol. The van der Waals surface area contributed by atoms with Crippen LogP contribution in [0.1, 0.15) is 34.7 Å². The van der Waals surface area contributed by atoms with E-state index in [1.165, 1.54) is 0 Å². The minimum absolute atomic E-state index is 0.0912. The maximum absolute atomic E-state index is 12.8. The van der Waals surface area contributed by atoms with Gasteiger partial charge in [0.25, 0.3) is 5.91 Å². The molecule has 0 unspecified atom stereocenters. The number of piperidine rings is 1. The molecule has 1 fully saturated rings. The van der Waals surface area contributed by atoms with Crippen LogP contribution in [-0.4, -0.2) is 46.2 Å². The Morgan fingerprint density at radius 2 is 1.92 bits per heavy atom. The number of carbonyl (C=O) groups excluding carboxylic acids is 1. The van der Waals surface area contributed by atoms with Gasteiger partial charge in [-0.05, 0) is 32.2 Å². The number of carbonyl (C=O) groups is 1. The monoisotopic (exact) mass is 357 g/mol. The average Bonchev–Trinajstić information content (AvgIpc) is 2.61. The fourth-order valence-corrected chi connectivity index (χ4v) is 3.67. The molecule has 132 valence electrons. The van der Waals surface area contributed by atoms with Crippen LogP contribution < -0.4 is 4.74 Å². The molecule has 0 atom stereocenters. The molecule has 6 heteroatoms. The van der Waals surface area contributed by atoms with E-state index in [0.717, 1.165) is 34.8 Å². The predicted molar refractivity (Wildman–Crippen MR) is 99.3 cm³/mol. The third-order valence-electron chi connectivity index (χ3n) is 4.30. The summed E-state index contributed by atoms with van der Waals surface area (Å²) in [4.78, 5) is 24.3. The topological polar surface area (TPSA) is 55.3 Å². The molecule has 5 nitrogen and oxygen atoms in total. The second-order valence-electron chi connectivity index (χ2n) is 6.20. The Balaban J connectivity index is 1.60. The van der Waals surface area contributed by atoms with E-state index in [9.17, 15) is 4.79 Å². The Morgan fingerprint density at radius 3 is 2.60 bits per heavy atom. The Hall–Kier alpha value is -2.08. The summed E-state index contributed by atoms with van der Waals surface area (Å²) in [5.74, 6) is 1.45.